The molecule has 0 aromatic carbocycles. The van der Waals surface area contributed by atoms with Crippen molar-refractivity contribution in [3.05, 3.63) is 17.3 Å². The molecule has 0 unspecified atom stereocenters. The van der Waals surface area contributed by atoms with Gasteiger partial charge in [-0.2, -0.15) is 13.2 Å². The molecule has 0 aliphatic carbocycles. The molecule has 0 N–H and O–H groups in total. The fourth-order valence-corrected chi connectivity index (χ4v) is 1.57. The van der Waals surface area contributed by atoms with Gasteiger partial charge in [0.25, 0.3) is 0 Å². The average Bonchev–Trinajstić information content (AvgIpc) is 2.25. The van der Waals surface area contributed by atoms with Gasteiger partial charge in [0, 0.05) is 5.56 Å². The maximum absolute atomic E-state index is 12.8. The van der Waals surface area contributed by atoms with E-state index in [0.717, 1.165) is 7.11 Å². The van der Waals surface area contributed by atoms with Crippen molar-refractivity contribution in [2.45, 2.75) is 18.4 Å². The fraction of sp³-hybridized carbons (Fsp3) is 0.444. The first-order valence-electron chi connectivity index (χ1n) is 4.55. The summed E-state index contributed by atoms with van der Waals surface area (Å²) in [7, 11) is 0.903. The molecule has 1 rings (SSSR count). The number of pyridine rings is 1. The SMILES string of the molecule is COc1ncc(OC(F)(F)F)c(CCl)c1C(F)(F)F. The highest BCUT2D eigenvalue weighted by molar-refractivity contribution is 6.17. The van der Waals surface area contributed by atoms with E-state index in [-0.39, 0.29) is 0 Å². The van der Waals surface area contributed by atoms with E-state index in [4.69, 9.17) is 11.6 Å². The second-order valence-electron chi connectivity index (χ2n) is 3.16. The molecule has 0 spiro atoms. The topological polar surface area (TPSA) is 31.4 Å². The molecule has 0 aliphatic rings. The van der Waals surface area contributed by atoms with Gasteiger partial charge in [0.15, 0.2) is 5.75 Å². The van der Waals surface area contributed by atoms with Gasteiger partial charge < -0.3 is 9.47 Å². The van der Waals surface area contributed by atoms with Gasteiger partial charge in [-0.1, -0.05) is 0 Å². The molecule has 10 heteroatoms. The van der Waals surface area contributed by atoms with Crippen molar-refractivity contribution in [2.75, 3.05) is 7.11 Å². The number of aromatic nitrogens is 1. The summed E-state index contributed by atoms with van der Waals surface area (Å²) in [5.41, 5.74) is -2.38. The summed E-state index contributed by atoms with van der Waals surface area (Å²) in [6.07, 6.45) is -9.66. The molecule has 108 valence electrons. The fourth-order valence-electron chi connectivity index (χ4n) is 1.30. The largest absolute Gasteiger partial charge is 0.573 e. The van der Waals surface area contributed by atoms with Gasteiger partial charge in [-0.25, -0.2) is 4.98 Å². The van der Waals surface area contributed by atoms with Crippen molar-refractivity contribution in [1.82, 2.24) is 4.98 Å². The minimum absolute atomic E-state index is 0.472. The zero-order valence-electron chi connectivity index (χ0n) is 9.19. The number of rotatable bonds is 3. The van der Waals surface area contributed by atoms with Crippen LogP contribution in [0.3, 0.4) is 0 Å². The molecule has 0 saturated heterocycles. The second kappa shape index (κ2) is 5.32. The maximum atomic E-state index is 12.8. The Kier molecular flexibility index (Phi) is 4.39. The number of nitrogens with zero attached hydrogens (tertiary/aromatic N) is 1. The summed E-state index contributed by atoms with van der Waals surface area (Å²) in [6, 6.07) is 0. The molecule has 3 nitrogen and oxygen atoms in total. The molecule has 19 heavy (non-hydrogen) atoms. The predicted octanol–water partition coefficient (Wildman–Crippen LogP) is 3.75. The first-order chi connectivity index (χ1) is 8.60. The molecule has 0 amide bonds. The van der Waals surface area contributed by atoms with Crippen LogP contribution in [0.15, 0.2) is 6.20 Å². The molecule has 0 fully saturated rings. The van der Waals surface area contributed by atoms with E-state index in [1.54, 1.807) is 0 Å². The van der Waals surface area contributed by atoms with E-state index < -0.39 is 41.2 Å². The minimum Gasteiger partial charge on any atom is -0.481 e. The van der Waals surface area contributed by atoms with E-state index >= 15 is 0 Å². The lowest BCUT2D eigenvalue weighted by atomic mass is 10.1. The third-order valence-electron chi connectivity index (χ3n) is 1.95. The lowest BCUT2D eigenvalue weighted by Gasteiger charge is -2.18. The van der Waals surface area contributed by atoms with Crippen LogP contribution in [0.4, 0.5) is 26.3 Å². The standard InChI is InChI=1S/C9H6ClF6NO2/c1-18-7-6(8(11,12)13)4(2-10)5(3-17-7)19-9(14,15)16/h3H,2H2,1H3. The first kappa shape index (κ1) is 15.7. The smallest absolute Gasteiger partial charge is 0.481 e. The molecule has 0 aliphatic heterocycles. The Balaban J connectivity index is 3.45. The van der Waals surface area contributed by atoms with Crippen LogP contribution in [0.2, 0.25) is 0 Å². The Hall–Kier alpha value is -1.38. The van der Waals surface area contributed by atoms with Crippen LogP contribution < -0.4 is 9.47 Å². The van der Waals surface area contributed by atoms with Crippen LogP contribution >= 0.6 is 11.6 Å². The van der Waals surface area contributed by atoms with Gasteiger partial charge in [-0.3, -0.25) is 0 Å². The van der Waals surface area contributed by atoms with Crippen LogP contribution in [0, 0.1) is 0 Å². The van der Waals surface area contributed by atoms with Crippen LogP contribution in [0.5, 0.6) is 11.6 Å². The normalized spacial score (nSPS) is 12.4. The minimum atomic E-state index is -5.15. The Morgan fingerprint density at radius 1 is 1.21 bits per heavy atom. The number of halogens is 7. The third kappa shape index (κ3) is 3.79. The Morgan fingerprint density at radius 3 is 2.16 bits per heavy atom. The van der Waals surface area contributed by atoms with E-state index in [1.165, 1.54) is 0 Å². The van der Waals surface area contributed by atoms with Crippen molar-refractivity contribution in [3.63, 3.8) is 0 Å². The van der Waals surface area contributed by atoms with E-state index in [0.29, 0.717) is 6.20 Å². The second-order valence-corrected chi connectivity index (χ2v) is 3.43. The molecule has 1 aromatic heterocycles. The molecule has 0 bridgehead atoms. The number of ether oxygens (including phenoxy) is 2. The number of alkyl halides is 7. The summed E-state index contributed by atoms with van der Waals surface area (Å²) in [5, 5.41) is 0. The molecule has 1 heterocycles. The lowest BCUT2D eigenvalue weighted by Crippen LogP contribution is -2.20. The number of hydrogen-bond donors (Lipinski definition) is 0. The maximum Gasteiger partial charge on any atom is 0.573 e. The zero-order valence-corrected chi connectivity index (χ0v) is 9.95. The summed E-state index contributed by atoms with van der Waals surface area (Å²) < 4.78 is 82.4. The molecular weight excluding hydrogens is 304 g/mol. The van der Waals surface area contributed by atoms with Crippen molar-refractivity contribution in [3.8, 4) is 11.6 Å². The monoisotopic (exact) mass is 309 g/mol. The summed E-state index contributed by atoms with van der Waals surface area (Å²) in [6.45, 7) is 0. The third-order valence-corrected chi connectivity index (χ3v) is 2.22. The first-order valence-corrected chi connectivity index (χ1v) is 5.08. The zero-order chi connectivity index (χ0) is 14.8. The summed E-state index contributed by atoms with van der Waals surface area (Å²) >= 11 is 5.27. The van der Waals surface area contributed by atoms with Crippen molar-refractivity contribution in [1.29, 1.82) is 0 Å². The van der Waals surface area contributed by atoms with Crippen molar-refractivity contribution in [2.24, 2.45) is 0 Å². The van der Waals surface area contributed by atoms with Gasteiger partial charge >= 0.3 is 12.5 Å². The van der Waals surface area contributed by atoms with Crippen molar-refractivity contribution < 1.29 is 35.8 Å². The van der Waals surface area contributed by atoms with Crippen LogP contribution in [-0.4, -0.2) is 18.5 Å². The Bertz CT molecular complexity index is 459. The average molecular weight is 310 g/mol. The Labute approximate surface area is 108 Å². The Morgan fingerprint density at radius 2 is 1.79 bits per heavy atom. The highest BCUT2D eigenvalue weighted by Crippen LogP contribution is 2.42. The van der Waals surface area contributed by atoms with Crippen LogP contribution in [0.25, 0.3) is 0 Å². The molecule has 1 aromatic rings. The summed E-state index contributed by atoms with van der Waals surface area (Å²) in [4.78, 5) is 3.13. The summed E-state index contributed by atoms with van der Waals surface area (Å²) in [5.74, 6) is -2.84. The predicted molar refractivity (Wildman–Crippen MR) is 52.0 cm³/mol. The van der Waals surface area contributed by atoms with Gasteiger partial charge in [0.05, 0.1) is 19.2 Å². The molecule has 0 saturated carbocycles. The van der Waals surface area contributed by atoms with Crippen molar-refractivity contribution >= 4 is 11.6 Å². The number of hydrogen-bond acceptors (Lipinski definition) is 3. The van der Waals surface area contributed by atoms with Gasteiger partial charge in [0.1, 0.15) is 5.56 Å². The highest BCUT2D eigenvalue weighted by atomic mass is 35.5. The van der Waals surface area contributed by atoms with E-state index in [9.17, 15) is 26.3 Å². The van der Waals surface area contributed by atoms with E-state index in [1.807, 2.05) is 0 Å². The molecule has 0 radical (unpaired) electrons. The number of methoxy groups -OCH3 is 1. The highest BCUT2D eigenvalue weighted by Gasteiger charge is 2.41. The van der Waals surface area contributed by atoms with Gasteiger partial charge in [0.2, 0.25) is 5.88 Å². The quantitative estimate of drug-likeness (QED) is 0.629. The van der Waals surface area contributed by atoms with Gasteiger partial charge in [-0.15, -0.1) is 24.8 Å². The van der Waals surface area contributed by atoms with E-state index in [2.05, 4.69) is 14.5 Å². The molecular formula is C9H6ClF6NO2. The molecule has 0 atom stereocenters. The van der Waals surface area contributed by atoms with Crippen LogP contribution in [0.1, 0.15) is 11.1 Å². The van der Waals surface area contributed by atoms with Gasteiger partial charge in [-0.05, 0) is 0 Å². The lowest BCUT2D eigenvalue weighted by molar-refractivity contribution is -0.275. The van der Waals surface area contributed by atoms with Crippen LogP contribution in [-0.2, 0) is 12.1 Å².